The van der Waals surface area contributed by atoms with Crippen LogP contribution >= 0.6 is 23.4 Å². The number of nitrogens with zero attached hydrogens (tertiary/aromatic N) is 2. The van der Waals surface area contributed by atoms with Crippen LogP contribution in [0.5, 0.6) is 0 Å². The van der Waals surface area contributed by atoms with Crippen molar-refractivity contribution < 1.29 is 9.90 Å². The van der Waals surface area contributed by atoms with E-state index in [4.69, 9.17) is 16.7 Å². The first-order chi connectivity index (χ1) is 9.63. The topological polar surface area (TPSA) is 55.1 Å². The molecule has 0 spiro atoms. The molecule has 0 radical (unpaired) electrons. The van der Waals surface area contributed by atoms with Crippen molar-refractivity contribution in [3.05, 3.63) is 23.2 Å². The SMILES string of the molecule is CCCCCn1c(SCC(=O)O)nc2c(Cl)cccc21. The van der Waals surface area contributed by atoms with E-state index < -0.39 is 5.97 Å². The zero-order valence-corrected chi connectivity index (χ0v) is 12.9. The van der Waals surface area contributed by atoms with Crippen LogP contribution in [-0.4, -0.2) is 26.4 Å². The minimum absolute atomic E-state index is 0.00865. The van der Waals surface area contributed by atoms with Gasteiger partial charge in [-0.2, -0.15) is 0 Å². The molecule has 1 heterocycles. The van der Waals surface area contributed by atoms with Crippen LogP contribution in [0.25, 0.3) is 11.0 Å². The first-order valence-corrected chi connectivity index (χ1v) is 7.99. The predicted molar refractivity (Wildman–Crippen MR) is 82.6 cm³/mol. The fourth-order valence-electron chi connectivity index (χ4n) is 2.06. The number of hydrogen-bond acceptors (Lipinski definition) is 3. The van der Waals surface area contributed by atoms with Crippen LogP contribution in [0, 0.1) is 0 Å². The van der Waals surface area contributed by atoms with E-state index in [1.165, 1.54) is 11.8 Å². The third-order valence-electron chi connectivity index (χ3n) is 3.00. The van der Waals surface area contributed by atoms with E-state index in [9.17, 15) is 4.79 Å². The predicted octanol–water partition coefficient (Wildman–Crippen LogP) is 4.06. The van der Waals surface area contributed by atoms with Gasteiger partial charge < -0.3 is 9.67 Å². The van der Waals surface area contributed by atoms with Crippen LogP contribution < -0.4 is 0 Å². The summed E-state index contributed by atoms with van der Waals surface area (Å²) >= 11 is 7.41. The molecular formula is C14H17ClN2O2S. The molecule has 1 aromatic carbocycles. The third-order valence-corrected chi connectivity index (χ3v) is 4.27. The Balaban J connectivity index is 2.34. The molecule has 4 nitrogen and oxygen atoms in total. The van der Waals surface area contributed by atoms with Gasteiger partial charge >= 0.3 is 5.97 Å². The Morgan fingerprint density at radius 3 is 2.95 bits per heavy atom. The van der Waals surface area contributed by atoms with E-state index in [0.29, 0.717) is 5.02 Å². The van der Waals surface area contributed by atoms with Gasteiger partial charge in [0.25, 0.3) is 0 Å². The number of para-hydroxylation sites is 1. The van der Waals surface area contributed by atoms with Crippen LogP contribution in [0.15, 0.2) is 23.4 Å². The maximum absolute atomic E-state index is 10.7. The van der Waals surface area contributed by atoms with E-state index in [1.54, 1.807) is 6.07 Å². The molecule has 20 heavy (non-hydrogen) atoms. The standard InChI is InChI=1S/C14H17ClN2O2S/c1-2-3-4-8-17-11-7-5-6-10(15)13(11)16-14(17)20-9-12(18)19/h5-7H,2-4,8-9H2,1H3,(H,18,19). The van der Waals surface area contributed by atoms with Crippen molar-refractivity contribution in [3.63, 3.8) is 0 Å². The Hall–Kier alpha value is -1.20. The molecule has 108 valence electrons. The monoisotopic (exact) mass is 312 g/mol. The molecule has 6 heteroatoms. The zero-order valence-electron chi connectivity index (χ0n) is 11.3. The summed E-state index contributed by atoms with van der Waals surface area (Å²) in [6, 6.07) is 5.68. The van der Waals surface area contributed by atoms with Crippen LogP contribution in [0.4, 0.5) is 0 Å². The molecule has 0 unspecified atom stereocenters. The van der Waals surface area contributed by atoms with Crippen molar-refractivity contribution in [1.29, 1.82) is 0 Å². The number of hydrogen-bond donors (Lipinski definition) is 1. The number of halogens is 1. The number of aromatic nitrogens is 2. The number of imidazole rings is 1. The molecule has 0 aliphatic heterocycles. The lowest BCUT2D eigenvalue weighted by Gasteiger charge is -2.07. The number of aryl methyl sites for hydroxylation is 1. The van der Waals surface area contributed by atoms with Gasteiger partial charge in [0, 0.05) is 6.54 Å². The summed E-state index contributed by atoms with van der Waals surface area (Å²) in [5, 5.41) is 10.2. The Morgan fingerprint density at radius 2 is 2.25 bits per heavy atom. The summed E-state index contributed by atoms with van der Waals surface area (Å²) in [6.07, 6.45) is 3.34. The molecule has 0 amide bonds. The van der Waals surface area contributed by atoms with Crippen LogP contribution in [0.1, 0.15) is 26.2 Å². The summed E-state index contributed by atoms with van der Waals surface area (Å²) in [5.74, 6) is -0.831. The Kier molecular flexibility index (Phi) is 5.31. The number of fused-ring (bicyclic) bond motifs is 1. The Morgan fingerprint density at radius 1 is 1.45 bits per heavy atom. The maximum atomic E-state index is 10.7. The quantitative estimate of drug-likeness (QED) is 0.619. The molecule has 0 aliphatic rings. The van der Waals surface area contributed by atoms with Crippen molar-refractivity contribution in [3.8, 4) is 0 Å². The van der Waals surface area contributed by atoms with Crippen molar-refractivity contribution in [2.24, 2.45) is 0 Å². The van der Waals surface area contributed by atoms with Crippen LogP contribution in [-0.2, 0) is 11.3 Å². The zero-order chi connectivity index (χ0) is 14.5. The molecule has 1 N–H and O–H groups in total. The second-order valence-corrected chi connectivity index (χ2v) is 5.89. The molecule has 0 bridgehead atoms. The van der Waals surface area contributed by atoms with E-state index in [1.807, 2.05) is 12.1 Å². The highest BCUT2D eigenvalue weighted by Gasteiger charge is 2.14. The molecule has 0 fully saturated rings. The van der Waals surface area contributed by atoms with E-state index in [2.05, 4.69) is 16.5 Å². The largest absolute Gasteiger partial charge is 0.481 e. The van der Waals surface area contributed by atoms with Crippen LogP contribution in [0.2, 0.25) is 5.02 Å². The van der Waals surface area contributed by atoms with Gasteiger partial charge in [-0.1, -0.05) is 49.2 Å². The van der Waals surface area contributed by atoms with Crippen molar-refractivity contribution >= 4 is 40.4 Å². The van der Waals surface area contributed by atoms with E-state index >= 15 is 0 Å². The van der Waals surface area contributed by atoms with E-state index in [0.717, 1.165) is 42.0 Å². The molecule has 2 aromatic rings. The second kappa shape index (κ2) is 6.99. The summed E-state index contributed by atoms with van der Waals surface area (Å²) in [6.45, 7) is 3.00. The number of carboxylic acid groups (broad SMARTS) is 1. The fraction of sp³-hybridized carbons (Fsp3) is 0.429. The Labute approximate surface area is 127 Å². The highest BCUT2D eigenvalue weighted by molar-refractivity contribution is 7.99. The van der Waals surface area contributed by atoms with E-state index in [-0.39, 0.29) is 5.75 Å². The minimum Gasteiger partial charge on any atom is -0.481 e. The third kappa shape index (κ3) is 3.46. The molecule has 0 aliphatic carbocycles. The summed E-state index contributed by atoms with van der Waals surface area (Å²) in [4.78, 5) is 15.2. The average molecular weight is 313 g/mol. The number of rotatable bonds is 7. The number of unbranched alkanes of at least 4 members (excludes halogenated alkanes) is 2. The summed E-state index contributed by atoms with van der Waals surface area (Å²) in [7, 11) is 0. The molecule has 0 atom stereocenters. The highest BCUT2D eigenvalue weighted by atomic mass is 35.5. The summed E-state index contributed by atoms with van der Waals surface area (Å²) < 4.78 is 2.07. The van der Waals surface area contributed by atoms with Gasteiger partial charge in [-0.05, 0) is 18.6 Å². The lowest BCUT2D eigenvalue weighted by atomic mass is 10.2. The maximum Gasteiger partial charge on any atom is 0.313 e. The molecule has 0 saturated carbocycles. The van der Waals surface area contributed by atoms with Crippen LogP contribution in [0.3, 0.4) is 0 Å². The number of carbonyl (C=O) groups is 1. The lowest BCUT2D eigenvalue weighted by Crippen LogP contribution is -2.03. The fourth-order valence-corrected chi connectivity index (χ4v) is 3.03. The number of aliphatic carboxylic acids is 1. The lowest BCUT2D eigenvalue weighted by molar-refractivity contribution is -0.133. The molecule has 2 rings (SSSR count). The van der Waals surface area contributed by atoms with Gasteiger partial charge in [-0.15, -0.1) is 0 Å². The smallest absolute Gasteiger partial charge is 0.313 e. The average Bonchev–Trinajstić information content (AvgIpc) is 2.77. The van der Waals surface area contributed by atoms with Gasteiger partial charge in [0.1, 0.15) is 5.52 Å². The number of thioether (sulfide) groups is 1. The minimum atomic E-state index is -0.840. The normalized spacial score (nSPS) is 11.1. The highest BCUT2D eigenvalue weighted by Crippen LogP contribution is 2.29. The first-order valence-electron chi connectivity index (χ1n) is 6.62. The van der Waals surface area contributed by atoms with Crippen molar-refractivity contribution in [1.82, 2.24) is 9.55 Å². The van der Waals surface area contributed by atoms with Gasteiger partial charge in [-0.3, -0.25) is 4.79 Å². The Bertz CT molecular complexity index is 612. The molecule has 1 aromatic heterocycles. The van der Waals surface area contributed by atoms with Crippen molar-refractivity contribution in [2.45, 2.75) is 37.9 Å². The van der Waals surface area contributed by atoms with Gasteiger partial charge in [-0.25, -0.2) is 4.98 Å². The summed E-state index contributed by atoms with van der Waals surface area (Å²) in [5.41, 5.74) is 1.72. The van der Waals surface area contributed by atoms with Crippen molar-refractivity contribution in [2.75, 3.05) is 5.75 Å². The van der Waals surface area contributed by atoms with Gasteiger partial charge in [0.15, 0.2) is 5.16 Å². The van der Waals surface area contributed by atoms with Gasteiger partial charge in [0.2, 0.25) is 0 Å². The molecular weight excluding hydrogens is 296 g/mol. The molecule has 0 saturated heterocycles. The van der Waals surface area contributed by atoms with Gasteiger partial charge in [0.05, 0.1) is 16.3 Å². The first kappa shape index (κ1) is 15.2. The second-order valence-electron chi connectivity index (χ2n) is 4.54. The number of benzene rings is 1. The number of carboxylic acids is 1.